The fraction of sp³-hybridized carbons (Fsp3) is 0.429. The molecule has 1 aromatic rings. The van der Waals surface area contributed by atoms with Gasteiger partial charge in [-0.1, -0.05) is 12.1 Å². The Morgan fingerprint density at radius 3 is 2.30 bits per heavy atom. The van der Waals surface area contributed by atoms with Gasteiger partial charge >= 0.3 is 11.9 Å². The van der Waals surface area contributed by atoms with Crippen LogP contribution in [0.5, 0.6) is 5.75 Å². The molecule has 0 saturated heterocycles. The molecule has 6 heteroatoms. The number of aryl methyl sites for hydroxylation is 1. The first-order valence-electron chi connectivity index (χ1n) is 6.37. The lowest BCUT2D eigenvalue weighted by atomic mass is 9.86. The van der Waals surface area contributed by atoms with Gasteiger partial charge in [-0.3, -0.25) is 9.59 Å². The highest BCUT2D eigenvalue weighted by Crippen LogP contribution is 2.47. The summed E-state index contributed by atoms with van der Waals surface area (Å²) in [4.78, 5) is 22.3. The van der Waals surface area contributed by atoms with Crippen molar-refractivity contribution in [2.24, 2.45) is 17.6 Å². The number of aliphatic carboxylic acids is 2. The van der Waals surface area contributed by atoms with Crippen LogP contribution in [0.3, 0.4) is 0 Å². The molecule has 0 aliphatic heterocycles. The van der Waals surface area contributed by atoms with Gasteiger partial charge in [0, 0.05) is 5.92 Å². The summed E-state index contributed by atoms with van der Waals surface area (Å²) >= 11 is 0. The van der Waals surface area contributed by atoms with Crippen molar-refractivity contribution in [3.8, 4) is 5.75 Å². The van der Waals surface area contributed by atoms with Gasteiger partial charge in [0.05, 0.1) is 5.92 Å². The monoisotopic (exact) mass is 279 g/mol. The maximum atomic E-state index is 11.4. The highest BCUT2D eigenvalue weighted by atomic mass is 16.4. The third-order valence-corrected chi connectivity index (χ3v) is 3.93. The number of carboxylic acids is 2. The van der Waals surface area contributed by atoms with Crippen LogP contribution in [-0.4, -0.2) is 32.8 Å². The normalized spacial score (nSPS) is 23.9. The van der Waals surface area contributed by atoms with Crippen molar-refractivity contribution in [2.45, 2.75) is 24.8 Å². The van der Waals surface area contributed by atoms with Gasteiger partial charge in [0.2, 0.25) is 0 Å². The van der Waals surface area contributed by atoms with Gasteiger partial charge in [-0.25, -0.2) is 0 Å². The van der Waals surface area contributed by atoms with Gasteiger partial charge in [-0.05, 0) is 37.0 Å². The van der Waals surface area contributed by atoms with E-state index in [1.54, 1.807) is 12.1 Å². The molecule has 1 unspecified atom stereocenters. The molecule has 3 atom stereocenters. The molecule has 0 spiro atoms. The first kappa shape index (κ1) is 14.3. The Balaban J connectivity index is 2.05. The van der Waals surface area contributed by atoms with Crippen LogP contribution in [0.25, 0.3) is 0 Å². The first-order valence-corrected chi connectivity index (χ1v) is 6.37. The van der Waals surface area contributed by atoms with Gasteiger partial charge in [-0.15, -0.1) is 0 Å². The Labute approximate surface area is 115 Å². The first-order chi connectivity index (χ1) is 9.34. The summed E-state index contributed by atoms with van der Waals surface area (Å²) in [7, 11) is 0. The van der Waals surface area contributed by atoms with Crippen LogP contribution in [0, 0.1) is 11.8 Å². The molecule has 0 radical (unpaired) electrons. The third kappa shape index (κ3) is 2.75. The number of hydrogen-bond donors (Lipinski definition) is 4. The van der Waals surface area contributed by atoms with E-state index in [0.29, 0.717) is 12.8 Å². The van der Waals surface area contributed by atoms with E-state index in [-0.39, 0.29) is 12.2 Å². The second-order valence-corrected chi connectivity index (χ2v) is 5.30. The molecular formula is C14H17NO5. The van der Waals surface area contributed by atoms with Crippen LogP contribution < -0.4 is 5.73 Å². The summed E-state index contributed by atoms with van der Waals surface area (Å²) < 4.78 is 0. The van der Waals surface area contributed by atoms with E-state index < -0.39 is 29.3 Å². The Morgan fingerprint density at radius 2 is 1.85 bits per heavy atom. The topological polar surface area (TPSA) is 121 Å². The second-order valence-electron chi connectivity index (χ2n) is 5.30. The number of rotatable bonds is 6. The number of aromatic hydroxyl groups is 1. The molecule has 0 bridgehead atoms. The molecule has 0 amide bonds. The lowest BCUT2D eigenvalue weighted by molar-refractivity contribution is -0.145. The number of hydrogen-bond acceptors (Lipinski definition) is 4. The molecule has 108 valence electrons. The average Bonchev–Trinajstić information content (AvgIpc) is 3.18. The van der Waals surface area contributed by atoms with Crippen molar-refractivity contribution in [2.75, 3.05) is 0 Å². The van der Waals surface area contributed by atoms with Gasteiger partial charge in [0.25, 0.3) is 0 Å². The zero-order valence-electron chi connectivity index (χ0n) is 10.8. The van der Waals surface area contributed by atoms with E-state index >= 15 is 0 Å². The zero-order valence-corrected chi connectivity index (χ0v) is 10.8. The summed E-state index contributed by atoms with van der Waals surface area (Å²) in [5, 5.41) is 27.4. The van der Waals surface area contributed by atoms with Crippen molar-refractivity contribution >= 4 is 11.9 Å². The second kappa shape index (κ2) is 5.13. The fourth-order valence-electron chi connectivity index (χ4n) is 2.50. The molecule has 0 heterocycles. The van der Waals surface area contributed by atoms with E-state index in [9.17, 15) is 19.8 Å². The smallest absolute Gasteiger partial charge is 0.324 e. The number of phenols is 1. The average molecular weight is 279 g/mol. The minimum Gasteiger partial charge on any atom is -0.508 e. The third-order valence-electron chi connectivity index (χ3n) is 3.93. The molecule has 1 saturated carbocycles. The molecule has 1 fully saturated rings. The number of phenolic OH excluding ortho intramolecular Hbond substituents is 1. The van der Waals surface area contributed by atoms with Crippen molar-refractivity contribution in [1.82, 2.24) is 0 Å². The Morgan fingerprint density at radius 1 is 1.25 bits per heavy atom. The number of carbonyl (C=O) groups is 2. The molecule has 2 rings (SSSR count). The van der Waals surface area contributed by atoms with Crippen LogP contribution in [0.2, 0.25) is 0 Å². The lowest BCUT2D eigenvalue weighted by Gasteiger charge is -2.25. The molecule has 6 nitrogen and oxygen atoms in total. The van der Waals surface area contributed by atoms with Gasteiger partial charge in [0.1, 0.15) is 11.3 Å². The zero-order chi connectivity index (χ0) is 14.9. The number of benzene rings is 1. The van der Waals surface area contributed by atoms with E-state index in [2.05, 4.69) is 0 Å². The minimum absolute atomic E-state index is 0.138. The molecule has 0 aromatic heterocycles. The summed E-state index contributed by atoms with van der Waals surface area (Å²) in [6, 6.07) is 6.43. The van der Waals surface area contributed by atoms with Crippen LogP contribution in [0.15, 0.2) is 24.3 Å². The summed E-state index contributed by atoms with van der Waals surface area (Å²) in [5.41, 5.74) is 5.28. The molecular weight excluding hydrogens is 262 g/mol. The summed E-state index contributed by atoms with van der Waals surface area (Å²) in [6.07, 6.45) is 0.904. The van der Waals surface area contributed by atoms with Crippen molar-refractivity contribution in [3.63, 3.8) is 0 Å². The standard InChI is InChI=1S/C14H17NO5/c15-14(13(19)20,11-7-10(11)12(17)18)6-5-8-1-3-9(16)4-2-8/h1-4,10-11,16H,5-7,15H2,(H,17,18)(H,19,20)/t10-,11?,14+/m0/s1. The highest BCUT2D eigenvalue weighted by Gasteiger charge is 2.57. The van der Waals surface area contributed by atoms with Gasteiger partial charge in [0.15, 0.2) is 0 Å². The summed E-state index contributed by atoms with van der Waals surface area (Å²) in [5.74, 6) is -3.19. The lowest BCUT2D eigenvalue weighted by Crippen LogP contribution is -2.51. The minimum atomic E-state index is -1.51. The van der Waals surface area contributed by atoms with Gasteiger partial charge < -0.3 is 21.1 Å². The predicted octanol–water partition coefficient (Wildman–Crippen LogP) is 0.828. The number of nitrogens with two attached hydrogens (primary N) is 1. The van der Waals surface area contributed by atoms with Crippen molar-refractivity contribution in [1.29, 1.82) is 0 Å². The highest BCUT2D eigenvalue weighted by molar-refractivity contribution is 5.83. The fourth-order valence-corrected chi connectivity index (χ4v) is 2.50. The largest absolute Gasteiger partial charge is 0.508 e. The molecule has 1 aliphatic carbocycles. The van der Waals surface area contributed by atoms with Crippen LogP contribution >= 0.6 is 0 Å². The van der Waals surface area contributed by atoms with E-state index in [1.165, 1.54) is 12.1 Å². The molecule has 1 aliphatic rings. The van der Waals surface area contributed by atoms with Crippen LogP contribution in [0.1, 0.15) is 18.4 Å². The SMILES string of the molecule is N[C@@](CCc1ccc(O)cc1)(C(=O)O)C1C[C@@H]1C(=O)O. The quantitative estimate of drug-likeness (QED) is 0.612. The van der Waals surface area contributed by atoms with Crippen LogP contribution in [0.4, 0.5) is 0 Å². The van der Waals surface area contributed by atoms with E-state index in [0.717, 1.165) is 5.56 Å². The maximum Gasteiger partial charge on any atom is 0.324 e. The Kier molecular flexibility index (Phi) is 3.67. The van der Waals surface area contributed by atoms with Gasteiger partial charge in [-0.2, -0.15) is 0 Å². The van der Waals surface area contributed by atoms with E-state index in [1.807, 2.05) is 0 Å². The van der Waals surface area contributed by atoms with Crippen molar-refractivity contribution < 1.29 is 24.9 Å². The van der Waals surface area contributed by atoms with Crippen LogP contribution in [-0.2, 0) is 16.0 Å². The maximum absolute atomic E-state index is 11.4. The Bertz CT molecular complexity index is 527. The number of carboxylic acid groups (broad SMARTS) is 2. The van der Waals surface area contributed by atoms with E-state index in [4.69, 9.17) is 10.8 Å². The molecule has 5 N–H and O–H groups in total. The van der Waals surface area contributed by atoms with Crippen molar-refractivity contribution in [3.05, 3.63) is 29.8 Å². The Hall–Kier alpha value is -2.08. The summed E-state index contributed by atoms with van der Waals surface area (Å²) in [6.45, 7) is 0. The molecule has 1 aromatic carbocycles. The molecule has 20 heavy (non-hydrogen) atoms. The predicted molar refractivity (Wildman–Crippen MR) is 70.2 cm³/mol.